The summed E-state index contributed by atoms with van der Waals surface area (Å²) in [4.78, 5) is 13.2. The first-order valence-corrected chi connectivity index (χ1v) is 8.49. The number of nitrogens with zero attached hydrogens (tertiary/aromatic N) is 4. The Kier molecular flexibility index (Phi) is 9.75. The second-order valence-electron chi connectivity index (χ2n) is 5.45. The van der Waals surface area contributed by atoms with Crippen LogP contribution in [-0.2, 0) is 11.3 Å². The van der Waals surface area contributed by atoms with E-state index in [9.17, 15) is 0 Å². The van der Waals surface area contributed by atoms with Crippen molar-refractivity contribution in [2.45, 2.75) is 13.0 Å². The average molecular weight is 454 g/mol. The van der Waals surface area contributed by atoms with Crippen LogP contribution in [0, 0.1) is 0 Å². The van der Waals surface area contributed by atoms with Gasteiger partial charge in [0.15, 0.2) is 11.1 Å². The zero-order valence-electron chi connectivity index (χ0n) is 13.8. The molecule has 1 aliphatic rings. The lowest BCUT2D eigenvalue weighted by Gasteiger charge is -2.26. The van der Waals surface area contributed by atoms with Gasteiger partial charge in [-0.05, 0) is 13.0 Å². The molecular weight excluding hydrogens is 427 g/mol. The number of aromatic nitrogens is 1. The first-order valence-electron chi connectivity index (χ1n) is 7.61. The number of thiazole rings is 1. The summed E-state index contributed by atoms with van der Waals surface area (Å²) in [6.07, 6.45) is 1.05. The van der Waals surface area contributed by atoms with Crippen LogP contribution >= 0.6 is 35.3 Å². The fraction of sp³-hybridized carbons (Fsp3) is 0.714. The summed E-state index contributed by atoms with van der Waals surface area (Å²) in [6.45, 7) is 6.18. The van der Waals surface area contributed by atoms with E-state index in [0.29, 0.717) is 12.5 Å². The lowest BCUT2D eigenvalue weighted by Crippen LogP contribution is -2.39. The topological polar surface area (TPSA) is 79.0 Å². The van der Waals surface area contributed by atoms with Crippen LogP contribution in [0.3, 0.4) is 0 Å². The Balaban J connectivity index is 0.00000264. The average Bonchev–Trinajstić information content (AvgIpc) is 3.00. The third kappa shape index (κ3) is 7.64. The molecule has 0 bridgehead atoms. The number of hydrogen-bond acceptors (Lipinski definition) is 6. The molecule has 0 atom stereocenters. The van der Waals surface area contributed by atoms with Gasteiger partial charge in [-0.25, -0.2) is 9.98 Å². The normalized spacial score (nSPS) is 16.0. The van der Waals surface area contributed by atoms with Gasteiger partial charge in [-0.1, -0.05) is 0 Å². The maximum Gasteiger partial charge on any atom is 0.188 e. The Labute approximate surface area is 159 Å². The summed E-state index contributed by atoms with van der Waals surface area (Å²) < 4.78 is 5.33. The molecule has 3 N–H and O–H groups in total. The van der Waals surface area contributed by atoms with Gasteiger partial charge in [-0.2, -0.15) is 0 Å². The first-order chi connectivity index (χ1) is 10.6. The zero-order valence-corrected chi connectivity index (χ0v) is 17.0. The third-order valence-electron chi connectivity index (χ3n) is 3.39. The van der Waals surface area contributed by atoms with Gasteiger partial charge in [0.2, 0.25) is 0 Å². The van der Waals surface area contributed by atoms with Crippen LogP contribution in [0.4, 0.5) is 5.13 Å². The third-order valence-corrected chi connectivity index (χ3v) is 4.45. The molecule has 0 spiro atoms. The Morgan fingerprint density at radius 2 is 2.22 bits per heavy atom. The second kappa shape index (κ2) is 11.0. The SMILES string of the molecule is CN(C)c1nc(CN=C(N)NCCCN2CCOCC2)cs1.I. The van der Waals surface area contributed by atoms with Crippen molar-refractivity contribution in [3.8, 4) is 0 Å². The Bertz CT molecular complexity index is 476. The predicted molar refractivity (Wildman–Crippen MR) is 107 cm³/mol. The lowest BCUT2D eigenvalue weighted by molar-refractivity contribution is 0.0376. The van der Waals surface area contributed by atoms with Crippen molar-refractivity contribution in [2.24, 2.45) is 10.7 Å². The molecule has 0 aromatic carbocycles. The number of nitrogens with two attached hydrogens (primary N) is 1. The minimum Gasteiger partial charge on any atom is -0.379 e. The van der Waals surface area contributed by atoms with Crippen molar-refractivity contribution < 1.29 is 4.74 Å². The molecule has 0 aliphatic carbocycles. The molecule has 132 valence electrons. The number of rotatable bonds is 7. The molecule has 1 saturated heterocycles. The van der Waals surface area contributed by atoms with Gasteiger partial charge in [-0.15, -0.1) is 35.3 Å². The van der Waals surface area contributed by atoms with Crippen molar-refractivity contribution in [3.63, 3.8) is 0 Å². The number of guanidine groups is 1. The van der Waals surface area contributed by atoms with Gasteiger partial charge < -0.3 is 20.7 Å². The number of anilines is 1. The quantitative estimate of drug-likeness (QED) is 0.277. The maximum absolute atomic E-state index is 5.88. The monoisotopic (exact) mass is 454 g/mol. The standard InChI is InChI=1S/C14H26N6OS.HI/c1-19(2)14-18-12(11-22-14)10-17-13(15)16-4-3-5-20-6-8-21-9-7-20;/h11H,3-10H2,1-2H3,(H3,15,16,17);1H. The number of nitrogens with one attached hydrogen (secondary N) is 1. The summed E-state index contributed by atoms with van der Waals surface area (Å²) in [5.74, 6) is 0.487. The van der Waals surface area contributed by atoms with Crippen molar-refractivity contribution in [2.75, 3.05) is 58.4 Å². The molecule has 0 unspecified atom stereocenters. The zero-order chi connectivity index (χ0) is 15.8. The van der Waals surface area contributed by atoms with Crippen LogP contribution in [0.15, 0.2) is 10.4 Å². The Morgan fingerprint density at radius 3 is 2.87 bits per heavy atom. The van der Waals surface area contributed by atoms with E-state index in [0.717, 1.165) is 56.6 Å². The van der Waals surface area contributed by atoms with E-state index in [1.165, 1.54) is 0 Å². The largest absolute Gasteiger partial charge is 0.379 e. The van der Waals surface area contributed by atoms with Crippen LogP contribution in [-0.4, -0.2) is 69.3 Å². The highest BCUT2D eigenvalue weighted by Crippen LogP contribution is 2.18. The molecule has 1 aromatic heterocycles. The van der Waals surface area contributed by atoms with E-state index < -0.39 is 0 Å². The van der Waals surface area contributed by atoms with Gasteiger partial charge in [0.1, 0.15) is 0 Å². The van der Waals surface area contributed by atoms with E-state index in [-0.39, 0.29) is 24.0 Å². The minimum absolute atomic E-state index is 0. The molecule has 1 aromatic rings. The lowest BCUT2D eigenvalue weighted by atomic mass is 10.3. The van der Waals surface area contributed by atoms with Gasteiger partial charge in [0, 0.05) is 39.1 Å². The van der Waals surface area contributed by atoms with Crippen LogP contribution in [0.2, 0.25) is 0 Å². The fourth-order valence-electron chi connectivity index (χ4n) is 2.14. The molecule has 0 saturated carbocycles. The molecule has 2 rings (SSSR count). The van der Waals surface area contributed by atoms with Crippen LogP contribution < -0.4 is 16.0 Å². The highest BCUT2D eigenvalue weighted by Gasteiger charge is 2.09. The summed E-state index contributed by atoms with van der Waals surface area (Å²) >= 11 is 1.62. The fourth-order valence-corrected chi connectivity index (χ4v) is 2.89. The number of aliphatic imine (C=N–C) groups is 1. The van der Waals surface area contributed by atoms with Crippen LogP contribution in [0.5, 0.6) is 0 Å². The molecule has 1 aliphatic heterocycles. The van der Waals surface area contributed by atoms with Gasteiger partial charge in [0.25, 0.3) is 0 Å². The molecule has 0 amide bonds. The van der Waals surface area contributed by atoms with Crippen LogP contribution in [0.1, 0.15) is 12.1 Å². The number of halogens is 1. The molecule has 2 heterocycles. The second-order valence-corrected chi connectivity index (χ2v) is 6.29. The highest BCUT2D eigenvalue weighted by atomic mass is 127. The van der Waals surface area contributed by atoms with E-state index >= 15 is 0 Å². The Hall–Kier alpha value is -0.650. The Morgan fingerprint density at radius 1 is 1.48 bits per heavy atom. The van der Waals surface area contributed by atoms with Crippen LogP contribution in [0.25, 0.3) is 0 Å². The van der Waals surface area contributed by atoms with Gasteiger partial charge >= 0.3 is 0 Å². The van der Waals surface area contributed by atoms with Crippen molar-refractivity contribution in [1.29, 1.82) is 0 Å². The van der Waals surface area contributed by atoms with Crippen molar-refractivity contribution >= 4 is 46.4 Å². The number of hydrogen-bond donors (Lipinski definition) is 2. The molecule has 0 radical (unpaired) electrons. The number of ether oxygens (including phenoxy) is 1. The van der Waals surface area contributed by atoms with E-state index in [1.807, 2.05) is 24.4 Å². The van der Waals surface area contributed by atoms with Crippen molar-refractivity contribution in [1.82, 2.24) is 15.2 Å². The van der Waals surface area contributed by atoms with Crippen molar-refractivity contribution in [3.05, 3.63) is 11.1 Å². The smallest absolute Gasteiger partial charge is 0.188 e. The minimum atomic E-state index is 0. The first kappa shape index (κ1) is 20.4. The summed E-state index contributed by atoms with van der Waals surface area (Å²) in [6, 6.07) is 0. The maximum atomic E-state index is 5.88. The molecule has 1 fully saturated rings. The summed E-state index contributed by atoms with van der Waals surface area (Å²) in [5, 5.41) is 6.16. The van der Waals surface area contributed by atoms with E-state index in [4.69, 9.17) is 10.5 Å². The highest BCUT2D eigenvalue weighted by molar-refractivity contribution is 14.0. The molecule has 7 nitrogen and oxygen atoms in total. The van der Waals surface area contributed by atoms with E-state index in [1.54, 1.807) is 11.3 Å². The molecular formula is C14H27IN6OS. The summed E-state index contributed by atoms with van der Waals surface area (Å²) in [7, 11) is 3.96. The molecule has 23 heavy (non-hydrogen) atoms. The molecule has 9 heteroatoms. The summed E-state index contributed by atoms with van der Waals surface area (Å²) in [5.41, 5.74) is 6.83. The predicted octanol–water partition coefficient (Wildman–Crippen LogP) is 0.954. The number of morpholine rings is 1. The van der Waals surface area contributed by atoms with E-state index in [2.05, 4.69) is 20.2 Å². The van der Waals surface area contributed by atoms with Gasteiger partial charge in [-0.3, -0.25) is 4.90 Å². The van der Waals surface area contributed by atoms with Gasteiger partial charge in [0.05, 0.1) is 25.5 Å².